The topological polar surface area (TPSA) is 115 Å². The predicted octanol–water partition coefficient (Wildman–Crippen LogP) is -2.06. The minimum absolute atomic E-state index is 0.0418. The molecule has 0 heterocycles. The van der Waals surface area contributed by atoms with Crippen LogP contribution in [0.5, 0.6) is 0 Å². The van der Waals surface area contributed by atoms with Crippen LogP contribution in [0.15, 0.2) is 0 Å². The lowest BCUT2D eigenvalue weighted by atomic mass is 10.2. The summed E-state index contributed by atoms with van der Waals surface area (Å²) >= 11 is 0. The molecule has 0 aromatic rings. The molecule has 0 radical (unpaired) electrons. The standard InChI is InChI=1S/C8H15N3O3/c9-6(4-12)1-2-11-8(14)3-7(10)5-13/h4-7H,1-3,9-10H2,(H,11,14). The molecule has 0 aromatic carbocycles. The molecule has 6 heteroatoms. The summed E-state index contributed by atoms with van der Waals surface area (Å²) in [6.45, 7) is 0.310. The molecule has 0 saturated carbocycles. The van der Waals surface area contributed by atoms with Crippen LogP contribution in [-0.4, -0.2) is 37.1 Å². The molecule has 0 rings (SSSR count). The molecule has 0 aromatic heterocycles. The van der Waals surface area contributed by atoms with Crippen molar-refractivity contribution in [1.82, 2.24) is 5.32 Å². The third kappa shape index (κ3) is 6.27. The van der Waals surface area contributed by atoms with Crippen molar-refractivity contribution in [2.75, 3.05) is 6.54 Å². The minimum atomic E-state index is -0.769. The Bertz CT molecular complexity index is 208. The van der Waals surface area contributed by atoms with Gasteiger partial charge in [-0.3, -0.25) is 4.79 Å². The molecule has 80 valence electrons. The maximum absolute atomic E-state index is 11.0. The lowest BCUT2D eigenvalue weighted by Crippen LogP contribution is -2.35. The van der Waals surface area contributed by atoms with Gasteiger partial charge in [0, 0.05) is 13.0 Å². The van der Waals surface area contributed by atoms with Crippen molar-refractivity contribution in [1.29, 1.82) is 0 Å². The Morgan fingerprint density at radius 1 is 1.21 bits per heavy atom. The van der Waals surface area contributed by atoms with Crippen LogP contribution in [0.4, 0.5) is 0 Å². The van der Waals surface area contributed by atoms with Gasteiger partial charge in [0.1, 0.15) is 12.6 Å². The van der Waals surface area contributed by atoms with E-state index >= 15 is 0 Å². The van der Waals surface area contributed by atoms with Gasteiger partial charge in [0.25, 0.3) is 0 Å². The van der Waals surface area contributed by atoms with Gasteiger partial charge in [0.05, 0.1) is 12.1 Å². The molecule has 2 unspecified atom stereocenters. The zero-order valence-electron chi connectivity index (χ0n) is 7.81. The molecule has 0 aliphatic heterocycles. The van der Waals surface area contributed by atoms with Crippen LogP contribution < -0.4 is 16.8 Å². The Morgan fingerprint density at radius 2 is 1.79 bits per heavy atom. The van der Waals surface area contributed by atoms with E-state index < -0.39 is 12.1 Å². The van der Waals surface area contributed by atoms with Gasteiger partial charge in [-0.15, -0.1) is 0 Å². The van der Waals surface area contributed by atoms with Crippen LogP contribution in [0, 0.1) is 0 Å². The quantitative estimate of drug-likeness (QED) is 0.409. The number of hydrogen-bond acceptors (Lipinski definition) is 5. The van der Waals surface area contributed by atoms with Gasteiger partial charge in [0.15, 0.2) is 0 Å². The summed E-state index contributed by atoms with van der Waals surface area (Å²) in [5.74, 6) is -0.317. The summed E-state index contributed by atoms with van der Waals surface area (Å²) < 4.78 is 0. The molecule has 0 fully saturated rings. The van der Waals surface area contributed by atoms with Crippen LogP contribution in [0.1, 0.15) is 12.8 Å². The summed E-state index contributed by atoms with van der Waals surface area (Å²) in [6.07, 6.45) is 1.46. The van der Waals surface area contributed by atoms with Gasteiger partial charge in [-0.2, -0.15) is 0 Å². The highest BCUT2D eigenvalue weighted by atomic mass is 16.2. The summed E-state index contributed by atoms with van der Waals surface area (Å²) in [5.41, 5.74) is 10.5. The average molecular weight is 201 g/mol. The maximum Gasteiger partial charge on any atom is 0.222 e. The zero-order valence-corrected chi connectivity index (χ0v) is 7.81. The van der Waals surface area contributed by atoms with E-state index in [-0.39, 0.29) is 12.3 Å². The molecule has 0 aliphatic carbocycles. The van der Waals surface area contributed by atoms with E-state index in [4.69, 9.17) is 11.5 Å². The van der Waals surface area contributed by atoms with Crippen LogP contribution in [0.25, 0.3) is 0 Å². The van der Waals surface area contributed by atoms with Crippen molar-refractivity contribution in [3.05, 3.63) is 0 Å². The fraction of sp³-hybridized carbons (Fsp3) is 0.625. The number of carbonyl (C=O) groups is 3. The van der Waals surface area contributed by atoms with Gasteiger partial charge >= 0.3 is 0 Å². The lowest BCUT2D eigenvalue weighted by molar-refractivity contribution is -0.123. The molecule has 6 nitrogen and oxygen atoms in total. The van der Waals surface area contributed by atoms with E-state index in [1.807, 2.05) is 0 Å². The molecule has 0 bridgehead atoms. The van der Waals surface area contributed by atoms with Crippen molar-refractivity contribution < 1.29 is 14.4 Å². The summed E-state index contributed by atoms with van der Waals surface area (Å²) in [4.78, 5) is 31.2. The number of nitrogens with two attached hydrogens (primary N) is 2. The van der Waals surface area contributed by atoms with E-state index in [0.29, 0.717) is 25.5 Å². The number of amides is 1. The van der Waals surface area contributed by atoms with Crippen LogP contribution in [-0.2, 0) is 14.4 Å². The molecule has 1 amide bonds. The first-order valence-corrected chi connectivity index (χ1v) is 4.28. The normalized spacial score (nSPS) is 14.1. The predicted molar refractivity (Wildman–Crippen MR) is 50.3 cm³/mol. The Balaban J connectivity index is 3.54. The first-order valence-electron chi connectivity index (χ1n) is 4.28. The third-order valence-electron chi connectivity index (χ3n) is 1.57. The van der Waals surface area contributed by atoms with E-state index in [2.05, 4.69) is 5.32 Å². The number of aldehydes is 2. The highest BCUT2D eigenvalue weighted by Gasteiger charge is 2.08. The first kappa shape index (κ1) is 12.7. The monoisotopic (exact) mass is 201 g/mol. The summed E-state index contributed by atoms with van der Waals surface area (Å²) in [6, 6.07) is -1.33. The number of hydrogen-bond donors (Lipinski definition) is 3. The van der Waals surface area contributed by atoms with Crippen molar-refractivity contribution in [3.8, 4) is 0 Å². The molecule has 2 atom stereocenters. The van der Waals surface area contributed by atoms with Crippen molar-refractivity contribution in [2.24, 2.45) is 11.5 Å². The zero-order chi connectivity index (χ0) is 11.0. The molecule has 14 heavy (non-hydrogen) atoms. The second-order valence-electron chi connectivity index (χ2n) is 2.94. The fourth-order valence-electron chi connectivity index (χ4n) is 0.781. The maximum atomic E-state index is 11.0. The van der Waals surface area contributed by atoms with Gasteiger partial charge in [-0.1, -0.05) is 0 Å². The average Bonchev–Trinajstić information content (AvgIpc) is 2.17. The third-order valence-corrected chi connectivity index (χ3v) is 1.57. The Hall–Kier alpha value is -1.27. The van der Waals surface area contributed by atoms with Crippen LogP contribution in [0.2, 0.25) is 0 Å². The molecule has 0 saturated heterocycles. The second-order valence-corrected chi connectivity index (χ2v) is 2.94. The van der Waals surface area contributed by atoms with E-state index in [9.17, 15) is 14.4 Å². The number of carbonyl (C=O) groups excluding carboxylic acids is 3. The van der Waals surface area contributed by atoms with Crippen molar-refractivity contribution >= 4 is 18.5 Å². The summed E-state index contributed by atoms with van der Waals surface area (Å²) in [7, 11) is 0. The van der Waals surface area contributed by atoms with E-state index in [0.717, 1.165) is 0 Å². The highest BCUT2D eigenvalue weighted by Crippen LogP contribution is 1.86. The van der Waals surface area contributed by atoms with Crippen molar-refractivity contribution in [3.63, 3.8) is 0 Å². The van der Waals surface area contributed by atoms with Crippen LogP contribution in [0.3, 0.4) is 0 Å². The Kier molecular flexibility index (Phi) is 6.51. The van der Waals surface area contributed by atoms with Crippen LogP contribution >= 0.6 is 0 Å². The number of nitrogens with one attached hydrogen (secondary N) is 1. The fourth-order valence-corrected chi connectivity index (χ4v) is 0.781. The van der Waals surface area contributed by atoms with Gasteiger partial charge in [0.2, 0.25) is 5.91 Å². The molecular formula is C8H15N3O3. The molecule has 5 N–H and O–H groups in total. The first-order chi connectivity index (χ1) is 6.60. The largest absolute Gasteiger partial charge is 0.356 e. The van der Waals surface area contributed by atoms with E-state index in [1.165, 1.54) is 0 Å². The van der Waals surface area contributed by atoms with E-state index in [1.54, 1.807) is 0 Å². The molecule has 0 aliphatic rings. The minimum Gasteiger partial charge on any atom is -0.356 e. The summed E-state index contributed by atoms with van der Waals surface area (Å²) in [5, 5.41) is 2.50. The molecular weight excluding hydrogens is 186 g/mol. The SMILES string of the molecule is NC(C=O)CCNC(=O)CC(N)C=O. The van der Waals surface area contributed by atoms with Gasteiger partial charge < -0.3 is 26.4 Å². The van der Waals surface area contributed by atoms with Crippen molar-refractivity contribution in [2.45, 2.75) is 24.9 Å². The molecule has 0 spiro atoms. The number of rotatable bonds is 7. The van der Waals surface area contributed by atoms with Gasteiger partial charge in [-0.05, 0) is 6.42 Å². The lowest BCUT2D eigenvalue weighted by Gasteiger charge is -2.07. The second kappa shape index (κ2) is 7.16. The smallest absolute Gasteiger partial charge is 0.222 e. The Labute approximate surface area is 82.0 Å². The Morgan fingerprint density at radius 3 is 2.29 bits per heavy atom. The highest BCUT2D eigenvalue weighted by molar-refractivity contribution is 5.80. The van der Waals surface area contributed by atoms with Gasteiger partial charge in [-0.25, -0.2) is 0 Å².